The number of anilines is 3. The molecule has 0 saturated heterocycles. The van der Waals surface area contributed by atoms with Gasteiger partial charge in [-0.3, -0.25) is 0 Å². The van der Waals surface area contributed by atoms with E-state index in [0.29, 0.717) is 0 Å². The third-order valence-corrected chi connectivity index (χ3v) is 8.97. The number of benzene rings is 7. The summed E-state index contributed by atoms with van der Waals surface area (Å²) in [5, 5.41) is 7.63. The van der Waals surface area contributed by atoms with E-state index in [9.17, 15) is 0 Å². The molecule has 0 aliphatic rings. The molecule has 188 valence electrons. The average molecular weight is 528 g/mol. The van der Waals surface area contributed by atoms with Crippen molar-refractivity contribution in [3.63, 3.8) is 0 Å². The Labute approximate surface area is 237 Å². The summed E-state index contributed by atoms with van der Waals surface area (Å²) in [6.07, 6.45) is 0. The highest BCUT2D eigenvalue weighted by Crippen LogP contribution is 2.43. The van der Waals surface area contributed by atoms with Gasteiger partial charge in [-0.2, -0.15) is 0 Å². The fourth-order valence-corrected chi connectivity index (χ4v) is 7.11. The van der Waals surface area contributed by atoms with E-state index in [1.165, 1.54) is 58.5 Å². The van der Waals surface area contributed by atoms with Crippen molar-refractivity contribution < 1.29 is 0 Å². The summed E-state index contributed by atoms with van der Waals surface area (Å²) in [7, 11) is 0. The Balaban J connectivity index is 1.37. The van der Waals surface area contributed by atoms with Gasteiger partial charge < -0.3 is 4.90 Å². The van der Waals surface area contributed by atoms with Crippen molar-refractivity contribution in [2.75, 3.05) is 4.90 Å². The Kier molecular flexibility index (Phi) is 5.39. The fraction of sp³-hybridized carbons (Fsp3) is 0. The minimum Gasteiger partial charge on any atom is -0.310 e. The molecule has 8 rings (SSSR count). The lowest BCUT2D eigenvalue weighted by Gasteiger charge is -2.27. The molecule has 40 heavy (non-hydrogen) atoms. The van der Waals surface area contributed by atoms with Gasteiger partial charge in [0.2, 0.25) is 0 Å². The maximum Gasteiger partial charge on any atom is 0.0540 e. The zero-order valence-electron chi connectivity index (χ0n) is 21.8. The molecule has 0 atom stereocenters. The quantitative estimate of drug-likeness (QED) is 0.220. The summed E-state index contributed by atoms with van der Waals surface area (Å²) in [6.45, 7) is 0. The van der Waals surface area contributed by atoms with Gasteiger partial charge in [0.1, 0.15) is 0 Å². The van der Waals surface area contributed by atoms with Crippen molar-refractivity contribution in [3.05, 3.63) is 152 Å². The molecule has 0 N–H and O–H groups in total. The van der Waals surface area contributed by atoms with Crippen molar-refractivity contribution in [1.82, 2.24) is 0 Å². The second-order valence-electron chi connectivity index (χ2n) is 10.2. The first-order valence-electron chi connectivity index (χ1n) is 13.6. The van der Waals surface area contributed by atoms with E-state index in [-0.39, 0.29) is 0 Å². The van der Waals surface area contributed by atoms with Crippen LogP contribution in [0.2, 0.25) is 0 Å². The maximum atomic E-state index is 2.42. The number of thiophene rings is 1. The van der Waals surface area contributed by atoms with Crippen molar-refractivity contribution in [2.45, 2.75) is 0 Å². The first-order valence-corrected chi connectivity index (χ1v) is 14.4. The van der Waals surface area contributed by atoms with Gasteiger partial charge in [0.05, 0.1) is 5.69 Å². The van der Waals surface area contributed by atoms with Crippen LogP contribution in [0.25, 0.3) is 52.8 Å². The molecule has 0 amide bonds. The van der Waals surface area contributed by atoms with E-state index in [2.05, 4.69) is 157 Å². The summed E-state index contributed by atoms with van der Waals surface area (Å²) in [5.41, 5.74) is 5.93. The lowest BCUT2D eigenvalue weighted by atomic mass is 9.97. The number of hydrogen-bond donors (Lipinski definition) is 0. The van der Waals surface area contributed by atoms with Crippen LogP contribution in [0.4, 0.5) is 17.1 Å². The largest absolute Gasteiger partial charge is 0.310 e. The molecule has 0 radical (unpaired) electrons. The van der Waals surface area contributed by atoms with Crippen LogP contribution in [0.3, 0.4) is 0 Å². The Bertz CT molecular complexity index is 2180. The van der Waals surface area contributed by atoms with Gasteiger partial charge in [0.15, 0.2) is 0 Å². The zero-order chi connectivity index (χ0) is 26.5. The van der Waals surface area contributed by atoms with Crippen LogP contribution >= 0.6 is 11.3 Å². The van der Waals surface area contributed by atoms with Crippen LogP contribution in [0.15, 0.2) is 152 Å². The van der Waals surface area contributed by atoms with Crippen LogP contribution in [0.1, 0.15) is 0 Å². The van der Waals surface area contributed by atoms with Crippen LogP contribution in [-0.2, 0) is 0 Å². The van der Waals surface area contributed by atoms with Crippen molar-refractivity contribution in [3.8, 4) is 11.1 Å². The number of rotatable bonds is 4. The highest BCUT2D eigenvalue weighted by Gasteiger charge is 2.18. The lowest BCUT2D eigenvalue weighted by Crippen LogP contribution is -2.10. The van der Waals surface area contributed by atoms with Crippen LogP contribution < -0.4 is 4.90 Å². The first kappa shape index (κ1) is 23.0. The second kappa shape index (κ2) is 9.37. The molecule has 7 aromatic carbocycles. The number of nitrogens with zero attached hydrogens (tertiary/aromatic N) is 1. The molecule has 2 heteroatoms. The summed E-state index contributed by atoms with van der Waals surface area (Å²) < 4.78 is 2.62. The Morgan fingerprint density at radius 2 is 1.02 bits per heavy atom. The number of fused-ring (bicyclic) bond motifs is 5. The summed E-state index contributed by atoms with van der Waals surface area (Å²) in [5.74, 6) is 0. The molecule has 1 heterocycles. The molecule has 0 fully saturated rings. The average Bonchev–Trinajstić information content (AvgIpc) is 3.39. The number of hydrogen-bond acceptors (Lipinski definition) is 2. The molecule has 0 unspecified atom stereocenters. The maximum absolute atomic E-state index is 2.42. The highest BCUT2D eigenvalue weighted by molar-refractivity contribution is 7.25. The van der Waals surface area contributed by atoms with E-state index in [1.54, 1.807) is 0 Å². The van der Waals surface area contributed by atoms with E-state index < -0.39 is 0 Å². The predicted molar refractivity (Wildman–Crippen MR) is 174 cm³/mol. The van der Waals surface area contributed by atoms with Gasteiger partial charge in [-0.1, -0.05) is 115 Å². The van der Waals surface area contributed by atoms with E-state index in [4.69, 9.17) is 0 Å². The van der Waals surface area contributed by atoms with Crippen molar-refractivity contribution in [2.24, 2.45) is 0 Å². The minimum atomic E-state index is 1.14. The molecule has 0 aliphatic heterocycles. The van der Waals surface area contributed by atoms with Gasteiger partial charge in [0, 0.05) is 36.9 Å². The first-order chi connectivity index (χ1) is 19.8. The molecule has 1 aromatic heterocycles. The molecule has 0 saturated carbocycles. The van der Waals surface area contributed by atoms with E-state index >= 15 is 0 Å². The van der Waals surface area contributed by atoms with Crippen LogP contribution in [0, 0.1) is 0 Å². The van der Waals surface area contributed by atoms with Crippen LogP contribution in [0.5, 0.6) is 0 Å². The predicted octanol–water partition coefficient (Wildman–Crippen LogP) is 11.5. The van der Waals surface area contributed by atoms with Crippen LogP contribution in [-0.4, -0.2) is 0 Å². The standard InChI is InChI=1S/C38H25NS/c1-3-16-31-26(10-1)12-8-19-32(31)28-14-7-15-29(24-28)39(36-20-9-13-27-11-2-4-17-33(27)36)30-22-23-35-34-18-5-6-21-37(34)40-38(35)25-30/h1-25H. The van der Waals surface area contributed by atoms with Crippen molar-refractivity contribution in [1.29, 1.82) is 0 Å². The third-order valence-electron chi connectivity index (χ3n) is 7.83. The SMILES string of the molecule is c1cc(-c2cccc3ccccc23)cc(N(c2ccc3c(c2)sc2ccccc23)c2cccc3ccccc23)c1. The Morgan fingerprint density at radius 3 is 1.90 bits per heavy atom. The Morgan fingerprint density at radius 1 is 0.400 bits per heavy atom. The highest BCUT2D eigenvalue weighted by atomic mass is 32.1. The van der Waals surface area contributed by atoms with E-state index in [0.717, 1.165) is 11.4 Å². The smallest absolute Gasteiger partial charge is 0.0540 e. The fourth-order valence-electron chi connectivity index (χ4n) is 5.97. The molecule has 0 aliphatic carbocycles. The summed E-state index contributed by atoms with van der Waals surface area (Å²) in [4.78, 5) is 2.42. The summed E-state index contributed by atoms with van der Waals surface area (Å²) in [6, 6.07) is 55.0. The molecular weight excluding hydrogens is 502 g/mol. The molecule has 8 aromatic rings. The molecule has 0 bridgehead atoms. The Hall–Kier alpha value is -4.92. The molecular formula is C38H25NS. The van der Waals surface area contributed by atoms with Gasteiger partial charge in [0.25, 0.3) is 0 Å². The molecule has 0 spiro atoms. The topological polar surface area (TPSA) is 3.24 Å². The third kappa shape index (κ3) is 3.77. The normalized spacial score (nSPS) is 11.5. The second-order valence-corrected chi connectivity index (χ2v) is 11.3. The lowest BCUT2D eigenvalue weighted by molar-refractivity contribution is 1.30. The van der Waals surface area contributed by atoms with Gasteiger partial charge in [-0.15, -0.1) is 11.3 Å². The van der Waals surface area contributed by atoms with Gasteiger partial charge in [-0.25, -0.2) is 0 Å². The summed E-state index contributed by atoms with van der Waals surface area (Å²) >= 11 is 1.86. The monoisotopic (exact) mass is 527 g/mol. The minimum absolute atomic E-state index is 1.14. The van der Waals surface area contributed by atoms with Gasteiger partial charge >= 0.3 is 0 Å². The van der Waals surface area contributed by atoms with Crippen molar-refractivity contribution >= 4 is 70.1 Å². The van der Waals surface area contributed by atoms with Gasteiger partial charge in [-0.05, 0) is 63.7 Å². The van der Waals surface area contributed by atoms with E-state index in [1.807, 2.05) is 11.3 Å². The zero-order valence-corrected chi connectivity index (χ0v) is 22.6. The molecule has 1 nitrogen and oxygen atoms in total.